The van der Waals surface area contributed by atoms with Gasteiger partial charge in [-0.1, -0.05) is 0 Å². The van der Waals surface area contributed by atoms with Gasteiger partial charge in [0.05, 0.1) is 0 Å². The summed E-state index contributed by atoms with van der Waals surface area (Å²) in [5, 5.41) is 3.10. The molecule has 16 heavy (non-hydrogen) atoms. The van der Waals surface area contributed by atoms with Crippen molar-refractivity contribution in [1.29, 1.82) is 0 Å². The average Bonchev–Trinajstić information content (AvgIpc) is 2.14. The number of rotatable bonds is 4. The summed E-state index contributed by atoms with van der Waals surface area (Å²) >= 11 is 0. The van der Waals surface area contributed by atoms with E-state index in [1.807, 2.05) is 0 Å². The Bertz CT molecular complexity index is 278. The van der Waals surface area contributed by atoms with Crippen LogP contribution in [0.25, 0.3) is 0 Å². The van der Waals surface area contributed by atoms with Crippen LogP contribution in [0.5, 0.6) is 0 Å². The Hall–Kier alpha value is -1.40. The van der Waals surface area contributed by atoms with Gasteiger partial charge in [-0.25, -0.2) is 9.59 Å². The van der Waals surface area contributed by atoms with Gasteiger partial charge in [-0.3, -0.25) is 0 Å². The van der Waals surface area contributed by atoms with Crippen LogP contribution in [0.15, 0.2) is 12.2 Å². The predicted molar refractivity (Wildman–Crippen MR) is 53.7 cm³/mol. The van der Waals surface area contributed by atoms with Gasteiger partial charge in [0.15, 0.2) is 0 Å². The molecule has 2 saturated heterocycles. The van der Waals surface area contributed by atoms with Crippen molar-refractivity contribution in [1.82, 2.24) is 10.1 Å². The van der Waals surface area contributed by atoms with E-state index >= 15 is 0 Å². The van der Waals surface area contributed by atoms with Gasteiger partial charge in [0, 0.05) is 38.3 Å². The zero-order valence-corrected chi connectivity index (χ0v) is 8.92. The van der Waals surface area contributed by atoms with E-state index in [0.717, 1.165) is 51.2 Å². The van der Waals surface area contributed by atoms with Crippen LogP contribution in [0.1, 0.15) is 12.8 Å². The summed E-state index contributed by atoms with van der Waals surface area (Å²) in [6.07, 6.45) is 4.24. The summed E-state index contributed by atoms with van der Waals surface area (Å²) in [6, 6.07) is 0. The Morgan fingerprint density at radius 2 is 1.19 bits per heavy atom. The lowest BCUT2D eigenvalue weighted by molar-refractivity contribution is -0.203. The number of hydrogen-bond donors (Lipinski definition) is 0. The first kappa shape index (κ1) is 11.1. The number of nitrogens with zero attached hydrogens (tertiary/aromatic N) is 2. The fourth-order valence-corrected chi connectivity index (χ4v) is 1.21. The second-order valence-electron chi connectivity index (χ2n) is 3.72. The molecule has 0 aromatic heterocycles. The fraction of sp³-hybridized carbons (Fsp3) is 0.600. The Morgan fingerprint density at radius 3 is 1.44 bits per heavy atom. The van der Waals surface area contributed by atoms with Crippen LogP contribution in [0, 0.1) is 0 Å². The zero-order valence-electron chi connectivity index (χ0n) is 8.92. The molecule has 0 unspecified atom stereocenters. The maximum atomic E-state index is 11.1. The molecule has 0 aromatic carbocycles. The maximum Gasteiger partial charge on any atom is 0.349 e. The minimum atomic E-state index is -0.541. The number of hydroxylamine groups is 4. The Balaban J connectivity index is 1.65. The summed E-state index contributed by atoms with van der Waals surface area (Å²) in [7, 11) is 0. The third-order valence-electron chi connectivity index (χ3n) is 2.42. The molecule has 0 atom stereocenters. The van der Waals surface area contributed by atoms with Crippen LogP contribution in [0.3, 0.4) is 0 Å². The van der Waals surface area contributed by atoms with E-state index < -0.39 is 11.9 Å². The molecule has 0 bridgehead atoms. The van der Waals surface area contributed by atoms with Crippen molar-refractivity contribution in [2.45, 2.75) is 12.8 Å². The van der Waals surface area contributed by atoms with E-state index in [1.165, 1.54) is 0 Å². The van der Waals surface area contributed by atoms with E-state index in [1.54, 1.807) is 10.1 Å². The van der Waals surface area contributed by atoms with Crippen LogP contribution in [0.4, 0.5) is 0 Å². The summed E-state index contributed by atoms with van der Waals surface area (Å²) < 4.78 is 0. The van der Waals surface area contributed by atoms with Crippen LogP contribution >= 0.6 is 0 Å². The van der Waals surface area contributed by atoms with Crippen LogP contribution in [-0.4, -0.2) is 48.2 Å². The largest absolute Gasteiger partial charge is 0.364 e. The quantitative estimate of drug-likeness (QED) is 0.622. The van der Waals surface area contributed by atoms with Crippen molar-refractivity contribution in [2.24, 2.45) is 0 Å². The van der Waals surface area contributed by atoms with Gasteiger partial charge >= 0.3 is 11.9 Å². The third-order valence-corrected chi connectivity index (χ3v) is 2.42. The Morgan fingerprint density at radius 1 is 0.812 bits per heavy atom. The first-order valence-electron chi connectivity index (χ1n) is 5.36. The van der Waals surface area contributed by atoms with E-state index in [4.69, 9.17) is 9.68 Å². The minimum Gasteiger partial charge on any atom is -0.364 e. The first-order chi connectivity index (χ1) is 7.74. The molecular weight excluding hydrogens is 212 g/mol. The second kappa shape index (κ2) is 5.09. The highest BCUT2D eigenvalue weighted by atomic mass is 16.7. The monoisotopic (exact) mass is 226 g/mol. The molecule has 2 fully saturated rings. The van der Waals surface area contributed by atoms with Crippen molar-refractivity contribution in [3.05, 3.63) is 12.2 Å². The van der Waals surface area contributed by atoms with Gasteiger partial charge in [-0.2, -0.15) is 0 Å². The molecule has 0 aromatic rings. The molecule has 2 aliphatic heterocycles. The van der Waals surface area contributed by atoms with Crippen LogP contribution in [-0.2, 0) is 19.3 Å². The molecule has 0 aliphatic carbocycles. The maximum absolute atomic E-state index is 11.1. The van der Waals surface area contributed by atoms with Crippen LogP contribution < -0.4 is 0 Å². The normalized spacial score (nSPS) is 21.2. The lowest BCUT2D eigenvalue weighted by atomic mass is 10.3. The standard InChI is InChI=1S/C10H14N2O4/c13-9(15-11-5-1-6-11)3-4-10(14)16-12-7-2-8-12/h3-4H,1-2,5-8H2/b4-3-. The number of carbonyl (C=O) groups is 2. The molecule has 0 amide bonds. The minimum absolute atomic E-state index is 0.541. The molecule has 2 aliphatic rings. The lowest BCUT2D eigenvalue weighted by Crippen LogP contribution is -2.39. The van der Waals surface area contributed by atoms with Crippen molar-refractivity contribution < 1.29 is 19.3 Å². The van der Waals surface area contributed by atoms with Gasteiger partial charge < -0.3 is 9.68 Å². The van der Waals surface area contributed by atoms with Gasteiger partial charge in [-0.05, 0) is 12.8 Å². The SMILES string of the molecule is O=C(/C=C\C(=O)ON1CCC1)ON1CCC1. The third kappa shape index (κ3) is 3.04. The molecule has 6 nitrogen and oxygen atoms in total. The molecule has 2 heterocycles. The highest BCUT2D eigenvalue weighted by Crippen LogP contribution is 2.07. The van der Waals surface area contributed by atoms with E-state index in [9.17, 15) is 9.59 Å². The molecule has 88 valence electrons. The molecule has 0 saturated carbocycles. The molecule has 6 heteroatoms. The van der Waals surface area contributed by atoms with Gasteiger partial charge in [-0.15, -0.1) is 10.1 Å². The summed E-state index contributed by atoms with van der Waals surface area (Å²) in [6.45, 7) is 3.05. The van der Waals surface area contributed by atoms with E-state index in [0.29, 0.717) is 0 Å². The first-order valence-corrected chi connectivity index (χ1v) is 5.36. The van der Waals surface area contributed by atoms with Gasteiger partial charge in [0.1, 0.15) is 0 Å². The van der Waals surface area contributed by atoms with E-state index in [-0.39, 0.29) is 0 Å². The molecule has 0 spiro atoms. The highest BCUT2D eigenvalue weighted by molar-refractivity contribution is 5.91. The van der Waals surface area contributed by atoms with Crippen molar-refractivity contribution >= 4 is 11.9 Å². The smallest absolute Gasteiger partial charge is 0.349 e. The van der Waals surface area contributed by atoms with E-state index in [2.05, 4.69) is 0 Å². The average molecular weight is 226 g/mol. The van der Waals surface area contributed by atoms with Gasteiger partial charge in [0.2, 0.25) is 0 Å². The molecule has 2 rings (SSSR count). The second-order valence-corrected chi connectivity index (χ2v) is 3.72. The number of carbonyl (C=O) groups excluding carboxylic acids is 2. The fourth-order valence-electron chi connectivity index (χ4n) is 1.21. The van der Waals surface area contributed by atoms with Gasteiger partial charge in [0.25, 0.3) is 0 Å². The Labute approximate surface area is 93.3 Å². The topological polar surface area (TPSA) is 59.1 Å². The zero-order chi connectivity index (χ0) is 11.4. The van der Waals surface area contributed by atoms with Crippen molar-refractivity contribution in [3.8, 4) is 0 Å². The molecule has 0 radical (unpaired) electrons. The summed E-state index contributed by atoms with van der Waals surface area (Å²) in [5.41, 5.74) is 0. The predicted octanol–water partition coefficient (Wildman–Crippen LogP) is -0.130. The summed E-state index contributed by atoms with van der Waals surface area (Å²) in [5.74, 6) is -1.08. The molecule has 0 N–H and O–H groups in total. The highest BCUT2D eigenvalue weighted by Gasteiger charge is 2.19. The Kier molecular flexibility index (Phi) is 3.53. The molecular formula is C10H14N2O4. The van der Waals surface area contributed by atoms with Crippen LogP contribution in [0.2, 0.25) is 0 Å². The van der Waals surface area contributed by atoms with Crippen molar-refractivity contribution in [3.63, 3.8) is 0 Å². The lowest BCUT2D eigenvalue weighted by Gasteiger charge is -2.28. The van der Waals surface area contributed by atoms with Crippen molar-refractivity contribution in [2.75, 3.05) is 26.2 Å². The number of hydrogen-bond acceptors (Lipinski definition) is 6. The summed E-state index contributed by atoms with van der Waals surface area (Å²) in [4.78, 5) is 32.0.